The third-order valence-electron chi connectivity index (χ3n) is 0.647. The van der Waals surface area contributed by atoms with E-state index in [2.05, 4.69) is 0 Å². The summed E-state index contributed by atoms with van der Waals surface area (Å²) in [6, 6.07) is 0. The number of nitrogens with two attached hydrogens (primary N) is 3. The molecule has 0 aliphatic carbocycles. The largest absolute Gasteiger partial charge is 0.403 e. The van der Waals surface area contributed by atoms with Crippen molar-refractivity contribution in [1.82, 2.24) is 0 Å². The van der Waals surface area contributed by atoms with Crippen LogP contribution < -0.4 is 17.2 Å². The van der Waals surface area contributed by atoms with Crippen LogP contribution in [0.1, 0.15) is 6.42 Å². The van der Waals surface area contributed by atoms with Crippen molar-refractivity contribution in [3.8, 4) is 0 Å². The first-order chi connectivity index (χ1) is 3.31. The molecular weight excluding hydrogens is 90.1 g/mol. The van der Waals surface area contributed by atoms with Crippen molar-refractivity contribution in [2.75, 3.05) is 6.54 Å². The van der Waals surface area contributed by atoms with E-state index in [1.807, 2.05) is 0 Å². The molecule has 0 atom stereocenters. The molecule has 7 heavy (non-hydrogen) atoms. The van der Waals surface area contributed by atoms with Crippen molar-refractivity contribution in [3.05, 3.63) is 11.9 Å². The molecule has 6 N–H and O–H groups in total. The van der Waals surface area contributed by atoms with Crippen LogP contribution in [0.25, 0.3) is 0 Å². The molecule has 0 amide bonds. The van der Waals surface area contributed by atoms with Gasteiger partial charge in [-0.15, -0.1) is 0 Å². The summed E-state index contributed by atoms with van der Waals surface area (Å²) in [6.07, 6.45) is 2.06. The molecule has 0 bridgehead atoms. The fourth-order valence-electron chi connectivity index (χ4n) is 0.250. The second kappa shape index (κ2) is 3.49. The average Bonchev–Trinajstić information content (AvgIpc) is 1.68. The van der Waals surface area contributed by atoms with E-state index in [1.165, 1.54) is 6.20 Å². The van der Waals surface area contributed by atoms with Crippen LogP contribution in [0.5, 0.6) is 0 Å². The molecule has 0 saturated heterocycles. The SMILES string of the molecule is N/C=C(\N)CCN. The fourth-order valence-corrected chi connectivity index (χ4v) is 0.250. The molecule has 0 aliphatic rings. The highest BCUT2D eigenvalue weighted by Gasteiger charge is 1.81. The summed E-state index contributed by atoms with van der Waals surface area (Å²) in [6.45, 7) is 0.569. The van der Waals surface area contributed by atoms with Gasteiger partial charge in [0.2, 0.25) is 0 Å². The number of hydrogen-bond acceptors (Lipinski definition) is 3. The lowest BCUT2D eigenvalue weighted by Crippen LogP contribution is -2.07. The predicted octanol–water partition coefficient (Wildman–Crippen LogP) is -0.906. The van der Waals surface area contributed by atoms with E-state index >= 15 is 0 Å². The van der Waals surface area contributed by atoms with E-state index in [1.54, 1.807) is 0 Å². The van der Waals surface area contributed by atoms with Crippen LogP contribution in [-0.2, 0) is 0 Å². The third-order valence-corrected chi connectivity index (χ3v) is 0.647. The van der Waals surface area contributed by atoms with Gasteiger partial charge in [-0.2, -0.15) is 0 Å². The van der Waals surface area contributed by atoms with Gasteiger partial charge in [0.25, 0.3) is 0 Å². The molecule has 0 fully saturated rings. The second-order valence-electron chi connectivity index (χ2n) is 1.28. The minimum atomic E-state index is 0.569. The molecule has 0 aromatic heterocycles. The van der Waals surface area contributed by atoms with Gasteiger partial charge in [-0.3, -0.25) is 0 Å². The van der Waals surface area contributed by atoms with E-state index in [0.717, 1.165) is 0 Å². The molecule has 0 aromatic carbocycles. The van der Waals surface area contributed by atoms with E-state index in [-0.39, 0.29) is 0 Å². The van der Waals surface area contributed by atoms with E-state index in [9.17, 15) is 0 Å². The first-order valence-corrected chi connectivity index (χ1v) is 2.17. The fraction of sp³-hybridized carbons (Fsp3) is 0.500. The smallest absolute Gasteiger partial charge is 0.0250 e. The molecule has 0 rings (SSSR count). The van der Waals surface area contributed by atoms with Crippen LogP contribution in [-0.4, -0.2) is 6.54 Å². The number of rotatable bonds is 2. The van der Waals surface area contributed by atoms with Crippen molar-refractivity contribution in [2.45, 2.75) is 6.42 Å². The first kappa shape index (κ1) is 6.30. The molecule has 0 spiro atoms. The van der Waals surface area contributed by atoms with Gasteiger partial charge < -0.3 is 17.2 Å². The van der Waals surface area contributed by atoms with E-state index in [0.29, 0.717) is 18.7 Å². The van der Waals surface area contributed by atoms with Gasteiger partial charge in [-0.25, -0.2) is 0 Å². The normalized spacial score (nSPS) is 11.9. The highest BCUT2D eigenvalue weighted by Crippen LogP contribution is 1.82. The van der Waals surface area contributed by atoms with Gasteiger partial charge in [-0.05, 0) is 6.54 Å². The summed E-state index contributed by atoms with van der Waals surface area (Å²) >= 11 is 0. The van der Waals surface area contributed by atoms with Crippen molar-refractivity contribution in [3.63, 3.8) is 0 Å². The van der Waals surface area contributed by atoms with Crippen LogP contribution in [0.2, 0.25) is 0 Å². The van der Waals surface area contributed by atoms with Gasteiger partial charge in [0, 0.05) is 18.3 Å². The Kier molecular flexibility index (Phi) is 3.14. The quantitative estimate of drug-likeness (QED) is 0.421. The van der Waals surface area contributed by atoms with Crippen LogP contribution in [0.4, 0.5) is 0 Å². The monoisotopic (exact) mass is 101 g/mol. The van der Waals surface area contributed by atoms with Gasteiger partial charge in [-0.1, -0.05) is 0 Å². The molecule has 3 heteroatoms. The molecule has 3 nitrogen and oxygen atoms in total. The predicted molar refractivity (Wildman–Crippen MR) is 30.1 cm³/mol. The maximum atomic E-state index is 5.24. The van der Waals surface area contributed by atoms with Crippen LogP contribution >= 0.6 is 0 Å². The summed E-state index contributed by atoms with van der Waals surface area (Å²) in [7, 11) is 0. The molecule has 0 heterocycles. The summed E-state index contributed by atoms with van der Waals surface area (Å²) in [5.41, 5.74) is 16.0. The van der Waals surface area contributed by atoms with Crippen molar-refractivity contribution >= 4 is 0 Å². The Morgan fingerprint density at radius 1 is 1.57 bits per heavy atom. The highest BCUT2D eigenvalue weighted by molar-refractivity contribution is 4.92. The Morgan fingerprint density at radius 3 is 2.29 bits per heavy atom. The topological polar surface area (TPSA) is 78.1 Å². The van der Waals surface area contributed by atoms with Crippen LogP contribution in [0.15, 0.2) is 11.9 Å². The van der Waals surface area contributed by atoms with Gasteiger partial charge in [0.05, 0.1) is 0 Å². The maximum absolute atomic E-state index is 5.24. The third kappa shape index (κ3) is 3.12. The van der Waals surface area contributed by atoms with E-state index in [4.69, 9.17) is 17.2 Å². The van der Waals surface area contributed by atoms with E-state index < -0.39 is 0 Å². The van der Waals surface area contributed by atoms with Gasteiger partial charge in [0.1, 0.15) is 0 Å². The molecule has 0 saturated carbocycles. The Labute approximate surface area is 43.2 Å². The van der Waals surface area contributed by atoms with Crippen LogP contribution in [0.3, 0.4) is 0 Å². The molecule has 0 aliphatic heterocycles. The van der Waals surface area contributed by atoms with Gasteiger partial charge in [0.15, 0.2) is 0 Å². The number of hydrogen-bond donors (Lipinski definition) is 3. The molecule has 0 aromatic rings. The molecular formula is C4H11N3. The standard InChI is InChI=1S/C4H11N3/c5-2-1-4(7)3-6/h3H,1-2,5-7H2/b4-3-. The van der Waals surface area contributed by atoms with Gasteiger partial charge >= 0.3 is 0 Å². The van der Waals surface area contributed by atoms with Crippen molar-refractivity contribution in [2.24, 2.45) is 17.2 Å². The Balaban J connectivity index is 3.17. The lowest BCUT2D eigenvalue weighted by molar-refractivity contribution is 0.931. The summed E-state index contributed by atoms with van der Waals surface area (Å²) in [4.78, 5) is 0. The second-order valence-corrected chi connectivity index (χ2v) is 1.28. The summed E-state index contributed by atoms with van der Waals surface area (Å²) in [5, 5.41) is 0. The Hall–Kier alpha value is -0.700. The summed E-state index contributed by atoms with van der Waals surface area (Å²) in [5.74, 6) is 0. The maximum Gasteiger partial charge on any atom is 0.0250 e. The average molecular weight is 101 g/mol. The summed E-state index contributed by atoms with van der Waals surface area (Å²) < 4.78 is 0. The van der Waals surface area contributed by atoms with Crippen molar-refractivity contribution in [1.29, 1.82) is 0 Å². The minimum Gasteiger partial charge on any atom is -0.403 e. The minimum absolute atomic E-state index is 0.569. The lowest BCUT2D eigenvalue weighted by Gasteiger charge is -1.91. The zero-order chi connectivity index (χ0) is 5.70. The Bertz CT molecular complexity index is 67.3. The molecule has 42 valence electrons. The lowest BCUT2D eigenvalue weighted by atomic mass is 10.3. The zero-order valence-corrected chi connectivity index (χ0v) is 4.22. The molecule has 0 unspecified atom stereocenters. The first-order valence-electron chi connectivity index (χ1n) is 2.17. The van der Waals surface area contributed by atoms with Crippen LogP contribution in [0, 0.1) is 0 Å². The van der Waals surface area contributed by atoms with Crippen molar-refractivity contribution < 1.29 is 0 Å². The Morgan fingerprint density at radius 2 is 2.14 bits per heavy atom. The molecule has 0 radical (unpaired) electrons. The highest BCUT2D eigenvalue weighted by atomic mass is 14.6. The zero-order valence-electron chi connectivity index (χ0n) is 4.22.